The summed E-state index contributed by atoms with van der Waals surface area (Å²) in [5.74, 6) is 2.96. The molecule has 2 heterocycles. The van der Waals surface area contributed by atoms with E-state index in [1.165, 1.54) is 25.9 Å². The first-order valence-electron chi connectivity index (χ1n) is 6.25. The molecule has 3 nitrogen and oxygen atoms in total. The van der Waals surface area contributed by atoms with Crippen molar-refractivity contribution in [3.63, 3.8) is 0 Å². The fourth-order valence-corrected chi connectivity index (χ4v) is 2.48. The molecule has 0 atom stereocenters. The molecule has 2 rings (SSSR count). The molecule has 1 aliphatic rings. The molecule has 90 valence electrons. The van der Waals surface area contributed by atoms with Crippen LogP contribution in [0, 0.1) is 12.8 Å². The van der Waals surface area contributed by atoms with Crippen molar-refractivity contribution in [3.8, 4) is 0 Å². The molecule has 0 aliphatic carbocycles. The van der Waals surface area contributed by atoms with Crippen LogP contribution in [-0.4, -0.2) is 31.1 Å². The predicted molar refractivity (Wildman–Crippen MR) is 65.4 cm³/mol. The lowest BCUT2D eigenvalue weighted by atomic mass is 9.92. The minimum Gasteiger partial charge on any atom is -0.466 e. The summed E-state index contributed by atoms with van der Waals surface area (Å²) in [5.41, 5.74) is 5.56. The highest BCUT2D eigenvalue weighted by atomic mass is 16.3. The standard InChI is InChI=1S/C13H22N2O/c1-11-2-3-13(16-11)10-12-4-7-15(8-5-12)9-6-14/h2-3,12H,4-10,14H2,1H3. The Morgan fingerprint density at radius 3 is 2.69 bits per heavy atom. The van der Waals surface area contributed by atoms with E-state index in [0.717, 1.165) is 36.9 Å². The Morgan fingerprint density at radius 2 is 2.12 bits per heavy atom. The average molecular weight is 222 g/mol. The van der Waals surface area contributed by atoms with E-state index in [1.807, 2.05) is 6.92 Å². The van der Waals surface area contributed by atoms with Crippen LogP contribution in [-0.2, 0) is 6.42 Å². The van der Waals surface area contributed by atoms with Gasteiger partial charge in [0, 0.05) is 19.5 Å². The molecule has 1 aromatic rings. The first-order valence-corrected chi connectivity index (χ1v) is 6.25. The van der Waals surface area contributed by atoms with E-state index in [-0.39, 0.29) is 0 Å². The maximum atomic E-state index is 5.63. The number of nitrogens with zero attached hydrogens (tertiary/aromatic N) is 1. The molecule has 0 bridgehead atoms. The van der Waals surface area contributed by atoms with Crippen molar-refractivity contribution in [1.82, 2.24) is 4.90 Å². The van der Waals surface area contributed by atoms with Crippen molar-refractivity contribution < 1.29 is 4.42 Å². The monoisotopic (exact) mass is 222 g/mol. The van der Waals surface area contributed by atoms with Gasteiger partial charge in [0.15, 0.2) is 0 Å². The van der Waals surface area contributed by atoms with Crippen molar-refractivity contribution in [2.75, 3.05) is 26.2 Å². The third kappa shape index (κ3) is 3.09. The lowest BCUT2D eigenvalue weighted by Gasteiger charge is -2.31. The highest BCUT2D eigenvalue weighted by Gasteiger charge is 2.19. The van der Waals surface area contributed by atoms with Gasteiger partial charge in [-0.15, -0.1) is 0 Å². The topological polar surface area (TPSA) is 42.4 Å². The Morgan fingerprint density at radius 1 is 1.38 bits per heavy atom. The zero-order valence-electron chi connectivity index (χ0n) is 10.1. The van der Waals surface area contributed by atoms with Crippen LogP contribution < -0.4 is 5.73 Å². The molecule has 1 saturated heterocycles. The minimum atomic E-state index is 0.780. The van der Waals surface area contributed by atoms with Crippen LogP contribution in [0.3, 0.4) is 0 Å². The predicted octanol–water partition coefficient (Wildman–Crippen LogP) is 1.80. The summed E-state index contributed by atoms with van der Waals surface area (Å²) in [7, 11) is 0. The van der Waals surface area contributed by atoms with E-state index in [4.69, 9.17) is 10.2 Å². The Labute approximate surface area is 97.6 Å². The molecule has 0 radical (unpaired) electrons. The summed E-state index contributed by atoms with van der Waals surface area (Å²) in [6.45, 7) is 6.23. The Kier molecular flexibility index (Phi) is 4.02. The summed E-state index contributed by atoms with van der Waals surface area (Å²) in [6, 6.07) is 4.17. The van der Waals surface area contributed by atoms with Gasteiger partial charge in [-0.3, -0.25) is 0 Å². The summed E-state index contributed by atoms with van der Waals surface area (Å²) in [4.78, 5) is 2.46. The van der Waals surface area contributed by atoms with Crippen molar-refractivity contribution in [1.29, 1.82) is 0 Å². The third-order valence-electron chi connectivity index (χ3n) is 3.44. The quantitative estimate of drug-likeness (QED) is 0.844. The molecular formula is C13H22N2O. The lowest BCUT2D eigenvalue weighted by Crippen LogP contribution is -2.37. The lowest BCUT2D eigenvalue weighted by molar-refractivity contribution is 0.184. The van der Waals surface area contributed by atoms with E-state index >= 15 is 0 Å². The number of rotatable bonds is 4. The fraction of sp³-hybridized carbons (Fsp3) is 0.692. The van der Waals surface area contributed by atoms with Crippen molar-refractivity contribution in [2.45, 2.75) is 26.2 Å². The molecule has 1 aromatic heterocycles. The molecule has 0 aromatic carbocycles. The number of piperidine rings is 1. The van der Waals surface area contributed by atoms with E-state index in [0.29, 0.717) is 0 Å². The van der Waals surface area contributed by atoms with Gasteiger partial charge in [0.05, 0.1) is 0 Å². The Balaban J connectivity index is 1.77. The Bertz CT molecular complexity index is 313. The summed E-state index contributed by atoms with van der Waals surface area (Å²) in [6.07, 6.45) is 3.66. The maximum Gasteiger partial charge on any atom is 0.104 e. The molecular weight excluding hydrogens is 200 g/mol. The number of hydrogen-bond acceptors (Lipinski definition) is 3. The second-order valence-electron chi connectivity index (χ2n) is 4.79. The average Bonchev–Trinajstić information content (AvgIpc) is 2.67. The molecule has 0 amide bonds. The first-order chi connectivity index (χ1) is 7.78. The zero-order chi connectivity index (χ0) is 11.4. The van der Waals surface area contributed by atoms with Crippen LogP contribution >= 0.6 is 0 Å². The van der Waals surface area contributed by atoms with Gasteiger partial charge in [0.2, 0.25) is 0 Å². The molecule has 0 unspecified atom stereocenters. The maximum absolute atomic E-state index is 5.63. The smallest absolute Gasteiger partial charge is 0.104 e. The van der Waals surface area contributed by atoms with Gasteiger partial charge in [0.25, 0.3) is 0 Å². The summed E-state index contributed by atoms with van der Waals surface area (Å²) < 4.78 is 5.63. The van der Waals surface area contributed by atoms with Gasteiger partial charge in [-0.25, -0.2) is 0 Å². The molecule has 0 saturated carbocycles. The van der Waals surface area contributed by atoms with Gasteiger partial charge in [-0.05, 0) is 50.9 Å². The van der Waals surface area contributed by atoms with Crippen LogP contribution in [0.4, 0.5) is 0 Å². The van der Waals surface area contributed by atoms with Crippen molar-refractivity contribution in [3.05, 3.63) is 23.7 Å². The second kappa shape index (κ2) is 5.51. The molecule has 1 aliphatic heterocycles. The van der Waals surface area contributed by atoms with Crippen LogP contribution in [0.25, 0.3) is 0 Å². The fourth-order valence-electron chi connectivity index (χ4n) is 2.48. The van der Waals surface area contributed by atoms with E-state index < -0.39 is 0 Å². The number of furan rings is 1. The molecule has 1 fully saturated rings. The summed E-state index contributed by atoms with van der Waals surface area (Å²) in [5, 5.41) is 0. The highest BCUT2D eigenvalue weighted by Crippen LogP contribution is 2.22. The molecule has 2 N–H and O–H groups in total. The molecule has 3 heteroatoms. The van der Waals surface area contributed by atoms with Gasteiger partial charge in [-0.2, -0.15) is 0 Å². The SMILES string of the molecule is Cc1ccc(CC2CCN(CCN)CC2)o1. The second-order valence-corrected chi connectivity index (χ2v) is 4.79. The molecule has 0 spiro atoms. The van der Waals surface area contributed by atoms with Crippen molar-refractivity contribution in [2.24, 2.45) is 11.7 Å². The third-order valence-corrected chi connectivity index (χ3v) is 3.44. The number of likely N-dealkylation sites (tertiary alicyclic amines) is 1. The number of aryl methyl sites for hydroxylation is 1. The largest absolute Gasteiger partial charge is 0.466 e. The van der Waals surface area contributed by atoms with Gasteiger partial charge in [0.1, 0.15) is 11.5 Å². The van der Waals surface area contributed by atoms with Gasteiger partial charge in [-0.1, -0.05) is 0 Å². The van der Waals surface area contributed by atoms with Crippen LogP contribution in [0.2, 0.25) is 0 Å². The zero-order valence-corrected chi connectivity index (χ0v) is 10.1. The van der Waals surface area contributed by atoms with Crippen LogP contribution in [0.15, 0.2) is 16.5 Å². The normalized spacial score (nSPS) is 19.1. The van der Waals surface area contributed by atoms with Gasteiger partial charge < -0.3 is 15.1 Å². The Hall–Kier alpha value is -0.800. The first kappa shape index (κ1) is 11.7. The minimum absolute atomic E-state index is 0.780. The van der Waals surface area contributed by atoms with E-state index in [9.17, 15) is 0 Å². The van der Waals surface area contributed by atoms with E-state index in [1.54, 1.807) is 0 Å². The number of nitrogens with two attached hydrogens (primary N) is 1. The van der Waals surface area contributed by atoms with E-state index in [2.05, 4.69) is 17.0 Å². The van der Waals surface area contributed by atoms with Crippen LogP contribution in [0.1, 0.15) is 24.4 Å². The number of hydrogen-bond donors (Lipinski definition) is 1. The van der Waals surface area contributed by atoms with Gasteiger partial charge >= 0.3 is 0 Å². The molecule has 16 heavy (non-hydrogen) atoms. The highest BCUT2D eigenvalue weighted by molar-refractivity contribution is 5.06. The summed E-state index contributed by atoms with van der Waals surface area (Å²) >= 11 is 0. The van der Waals surface area contributed by atoms with Crippen molar-refractivity contribution >= 4 is 0 Å². The van der Waals surface area contributed by atoms with Crippen LogP contribution in [0.5, 0.6) is 0 Å².